The van der Waals surface area contributed by atoms with E-state index >= 15 is 0 Å². The number of aliphatic hydroxyl groups is 1. The molecule has 2 fully saturated rings. The Bertz CT molecular complexity index is 1100. The minimum Gasteiger partial charge on any atom is -0.441 e. The van der Waals surface area contributed by atoms with E-state index < -0.39 is 24.1 Å². The fraction of sp³-hybridized carbons (Fsp3) is 0.350. The number of ether oxygens (including phenoxy) is 1. The second kappa shape index (κ2) is 7.13. The number of carbonyl (C=O) groups is 1. The van der Waals surface area contributed by atoms with Crippen LogP contribution in [0, 0.1) is 11.7 Å². The van der Waals surface area contributed by atoms with Gasteiger partial charge in [0.15, 0.2) is 0 Å². The van der Waals surface area contributed by atoms with Crippen molar-refractivity contribution in [2.75, 3.05) is 11.4 Å². The Morgan fingerprint density at radius 2 is 2.10 bits per heavy atom. The van der Waals surface area contributed by atoms with Gasteiger partial charge in [0.2, 0.25) is 5.82 Å². The summed E-state index contributed by atoms with van der Waals surface area (Å²) in [6.45, 7) is 0.205. The Morgan fingerprint density at radius 1 is 1.27 bits per heavy atom. The maximum absolute atomic E-state index is 14.8. The van der Waals surface area contributed by atoms with Gasteiger partial charge in [0.1, 0.15) is 17.6 Å². The number of rotatable bonds is 5. The van der Waals surface area contributed by atoms with Crippen LogP contribution in [0.3, 0.4) is 0 Å². The lowest BCUT2D eigenvalue weighted by Gasteiger charge is -2.16. The van der Waals surface area contributed by atoms with Gasteiger partial charge >= 0.3 is 6.09 Å². The number of tetrazole rings is 1. The zero-order valence-corrected chi connectivity index (χ0v) is 16.1. The van der Waals surface area contributed by atoms with Crippen LogP contribution >= 0.6 is 0 Å². The molecule has 1 aliphatic heterocycles. The van der Waals surface area contributed by atoms with Gasteiger partial charge in [-0.05, 0) is 48.2 Å². The van der Waals surface area contributed by atoms with Crippen molar-refractivity contribution < 1.29 is 19.0 Å². The van der Waals surface area contributed by atoms with Crippen LogP contribution in [0.4, 0.5) is 14.9 Å². The van der Waals surface area contributed by atoms with E-state index in [4.69, 9.17) is 4.74 Å². The molecule has 2 aromatic heterocycles. The molecule has 3 aromatic rings. The first kappa shape index (κ1) is 18.6. The van der Waals surface area contributed by atoms with Gasteiger partial charge in [-0.15, -0.1) is 10.2 Å². The van der Waals surface area contributed by atoms with Gasteiger partial charge in [0.05, 0.1) is 25.4 Å². The molecule has 1 amide bonds. The zero-order valence-electron chi connectivity index (χ0n) is 16.1. The normalized spacial score (nSPS) is 19.8. The summed E-state index contributed by atoms with van der Waals surface area (Å²) >= 11 is 0. The molecular formula is C20H19FN6O3. The van der Waals surface area contributed by atoms with E-state index in [9.17, 15) is 14.3 Å². The standard InChI is InChI=1S/C20H19FN6O3/c1-26-24-19(23-25-26)16-7-4-12(9-22-16)14-6-5-13(8-15(14)21)27-10-17(30-20(27)29)18(28)11-2-3-11/h4-9,11,17-18,28H,2-3,10H2,1H3/t17-,18?/m0/s1. The van der Waals surface area contributed by atoms with E-state index in [1.165, 1.54) is 22.0 Å². The summed E-state index contributed by atoms with van der Waals surface area (Å²) in [4.78, 5) is 19.2. The van der Waals surface area contributed by atoms with Crippen molar-refractivity contribution in [1.29, 1.82) is 0 Å². The lowest BCUT2D eigenvalue weighted by Crippen LogP contribution is -2.32. The predicted octanol–water partition coefficient (Wildman–Crippen LogP) is 2.17. The molecule has 5 rings (SSSR count). The van der Waals surface area contributed by atoms with Crippen LogP contribution in [-0.4, -0.2) is 55.1 Å². The average Bonchev–Trinajstić information content (AvgIpc) is 3.39. The molecule has 2 atom stereocenters. The molecule has 0 radical (unpaired) electrons. The fourth-order valence-corrected chi connectivity index (χ4v) is 3.59. The van der Waals surface area contributed by atoms with Gasteiger partial charge in [0.25, 0.3) is 0 Å². The number of aromatic nitrogens is 5. The van der Waals surface area contributed by atoms with E-state index in [-0.39, 0.29) is 12.5 Å². The Kier molecular flexibility index (Phi) is 4.43. The number of anilines is 1. The molecule has 0 bridgehead atoms. The Balaban J connectivity index is 1.35. The third-order valence-electron chi connectivity index (χ3n) is 5.40. The highest BCUT2D eigenvalue weighted by Gasteiger charge is 2.43. The number of aliphatic hydroxyl groups excluding tert-OH is 1. The first-order chi connectivity index (χ1) is 14.5. The molecule has 10 heteroatoms. The minimum atomic E-state index is -0.670. The highest BCUT2D eigenvalue weighted by molar-refractivity contribution is 5.90. The molecule has 2 aliphatic rings. The molecule has 9 nitrogen and oxygen atoms in total. The summed E-state index contributed by atoms with van der Waals surface area (Å²) in [5.41, 5.74) is 1.86. The molecule has 1 aliphatic carbocycles. The van der Waals surface area contributed by atoms with Crippen molar-refractivity contribution in [3.8, 4) is 22.6 Å². The number of aryl methyl sites for hydroxylation is 1. The van der Waals surface area contributed by atoms with Gasteiger partial charge in [-0.1, -0.05) is 6.07 Å². The number of hydrogen-bond donors (Lipinski definition) is 1. The van der Waals surface area contributed by atoms with E-state index in [1.54, 1.807) is 31.3 Å². The Hall–Kier alpha value is -3.40. The summed E-state index contributed by atoms with van der Waals surface area (Å²) in [6.07, 6.45) is 1.59. The van der Waals surface area contributed by atoms with Crippen molar-refractivity contribution in [2.45, 2.75) is 25.0 Å². The lowest BCUT2D eigenvalue weighted by atomic mass is 10.1. The quantitative estimate of drug-likeness (QED) is 0.687. The zero-order chi connectivity index (χ0) is 20.8. The topological polar surface area (TPSA) is 106 Å². The van der Waals surface area contributed by atoms with E-state index in [1.807, 2.05) is 0 Å². The number of halogens is 1. The van der Waals surface area contributed by atoms with Gasteiger partial charge < -0.3 is 9.84 Å². The molecule has 154 valence electrons. The number of nitrogens with zero attached hydrogens (tertiary/aromatic N) is 6. The summed E-state index contributed by atoms with van der Waals surface area (Å²) in [6, 6.07) is 7.97. The number of benzene rings is 1. The molecule has 1 N–H and O–H groups in total. The third kappa shape index (κ3) is 3.39. The van der Waals surface area contributed by atoms with Crippen molar-refractivity contribution in [3.63, 3.8) is 0 Å². The first-order valence-corrected chi connectivity index (χ1v) is 9.66. The summed E-state index contributed by atoms with van der Waals surface area (Å²) in [5, 5.41) is 22.0. The van der Waals surface area contributed by atoms with Gasteiger partial charge in [-0.3, -0.25) is 9.88 Å². The first-order valence-electron chi connectivity index (χ1n) is 9.66. The van der Waals surface area contributed by atoms with Crippen molar-refractivity contribution in [1.82, 2.24) is 25.2 Å². The molecule has 3 heterocycles. The number of pyridine rings is 1. The number of cyclic esters (lactones) is 1. The van der Waals surface area contributed by atoms with Gasteiger partial charge in [0, 0.05) is 17.3 Å². The Morgan fingerprint density at radius 3 is 2.73 bits per heavy atom. The van der Waals surface area contributed by atoms with Gasteiger partial charge in [-0.2, -0.15) is 4.80 Å². The third-order valence-corrected chi connectivity index (χ3v) is 5.40. The second-order valence-electron chi connectivity index (χ2n) is 7.56. The molecule has 1 saturated heterocycles. The number of hydrogen-bond acceptors (Lipinski definition) is 7. The predicted molar refractivity (Wildman–Crippen MR) is 104 cm³/mol. The SMILES string of the molecule is Cn1nnc(-c2ccc(-c3ccc(N4C[C@@H](C(O)C5CC5)OC4=O)cc3F)cn2)n1. The van der Waals surface area contributed by atoms with E-state index in [0.717, 1.165) is 12.8 Å². The monoisotopic (exact) mass is 410 g/mol. The Labute approximate surface area is 171 Å². The van der Waals surface area contributed by atoms with Crippen LogP contribution in [0.25, 0.3) is 22.6 Å². The molecule has 1 unspecified atom stereocenters. The highest BCUT2D eigenvalue weighted by Crippen LogP contribution is 2.37. The smallest absolute Gasteiger partial charge is 0.414 e. The van der Waals surface area contributed by atoms with E-state index in [0.29, 0.717) is 28.3 Å². The van der Waals surface area contributed by atoms with Gasteiger partial charge in [-0.25, -0.2) is 9.18 Å². The van der Waals surface area contributed by atoms with Crippen LogP contribution in [0.2, 0.25) is 0 Å². The average molecular weight is 410 g/mol. The van der Waals surface area contributed by atoms with Crippen LogP contribution in [0.5, 0.6) is 0 Å². The van der Waals surface area contributed by atoms with Crippen LogP contribution in [0.1, 0.15) is 12.8 Å². The largest absolute Gasteiger partial charge is 0.441 e. The molecular weight excluding hydrogens is 391 g/mol. The second-order valence-corrected chi connectivity index (χ2v) is 7.56. The summed E-state index contributed by atoms with van der Waals surface area (Å²) in [7, 11) is 1.66. The minimum absolute atomic E-state index is 0.189. The highest BCUT2D eigenvalue weighted by atomic mass is 19.1. The maximum atomic E-state index is 14.8. The van der Waals surface area contributed by atoms with Crippen molar-refractivity contribution in [2.24, 2.45) is 13.0 Å². The number of amides is 1. The molecule has 0 spiro atoms. The lowest BCUT2D eigenvalue weighted by molar-refractivity contribution is 0.0200. The fourth-order valence-electron chi connectivity index (χ4n) is 3.59. The van der Waals surface area contributed by atoms with Crippen molar-refractivity contribution >= 4 is 11.8 Å². The number of carbonyl (C=O) groups excluding carboxylic acids is 1. The van der Waals surface area contributed by atoms with Crippen LogP contribution < -0.4 is 4.90 Å². The maximum Gasteiger partial charge on any atom is 0.414 e. The summed E-state index contributed by atoms with van der Waals surface area (Å²) in [5.74, 6) is 0.0865. The summed E-state index contributed by atoms with van der Waals surface area (Å²) < 4.78 is 20.1. The van der Waals surface area contributed by atoms with Crippen LogP contribution in [-0.2, 0) is 11.8 Å². The molecule has 30 heavy (non-hydrogen) atoms. The molecule has 1 saturated carbocycles. The molecule has 1 aromatic carbocycles. The van der Waals surface area contributed by atoms with Crippen LogP contribution in [0.15, 0.2) is 36.5 Å². The van der Waals surface area contributed by atoms with Crippen molar-refractivity contribution in [3.05, 3.63) is 42.3 Å². The van der Waals surface area contributed by atoms with E-state index in [2.05, 4.69) is 20.4 Å².